The number of piperazine rings is 1. The fraction of sp³-hybridized carbons (Fsp3) is 0.500. The van der Waals surface area contributed by atoms with Crippen LogP contribution in [0.25, 0.3) is 0 Å². The summed E-state index contributed by atoms with van der Waals surface area (Å²) in [7, 11) is 0. The third-order valence-electron chi connectivity index (χ3n) is 3.96. The molecule has 19 heavy (non-hydrogen) atoms. The van der Waals surface area contributed by atoms with Gasteiger partial charge in [-0.15, -0.1) is 0 Å². The predicted molar refractivity (Wildman–Crippen MR) is 76.9 cm³/mol. The first-order valence-corrected chi connectivity index (χ1v) is 7.07. The van der Waals surface area contributed by atoms with Crippen LogP contribution in [0.15, 0.2) is 12.1 Å². The van der Waals surface area contributed by atoms with Crippen LogP contribution >= 0.6 is 11.6 Å². The van der Waals surface area contributed by atoms with Crippen LogP contribution in [0.5, 0.6) is 0 Å². The minimum atomic E-state index is -0.138. The number of nitrogens with zero attached hydrogens (tertiary/aromatic N) is 1. The Morgan fingerprint density at radius 3 is 2.84 bits per heavy atom. The highest BCUT2D eigenvalue weighted by molar-refractivity contribution is 6.33. The fourth-order valence-corrected chi connectivity index (χ4v) is 3.17. The number of anilines is 1. The largest absolute Gasteiger partial charge is 0.325 e. The van der Waals surface area contributed by atoms with Gasteiger partial charge in [0, 0.05) is 49.0 Å². The summed E-state index contributed by atoms with van der Waals surface area (Å²) in [5, 5.41) is 7.00. The van der Waals surface area contributed by atoms with E-state index in [0.717, 1.165) is 49.5 Å². The molecule has 0 bridgehead atoms. The molecule has 1 aromatic carbocycles. The highest BCUT2D eigenvalue weighted by atomic mass is 35.5. The van der Waals surface area contributed by atoms with Crippen molar-refractivity contribution < 1.29 is 4.79 Å². The second-order valence-electron chi connectivity index (χ2n) is 5.25. The molecule has 1 atom stereocenters. The molecule has 0 aromatic heterocycles. The molecule has 2 aliphatic heterocycles. The van der Waals surface area contributed by atoms with Crippen LogP contribution < -0.4 is 10.6 Å². The number of halogens is 1. The van der Waals surface area contributed by atoms with E-state index in [2.05, 4.69) is 15.5 Å². The molecule has 102 valence electrons. The summed E-state index contributed by atoms with van der Waals surface area (Å²) in [4.78, 5) is 14.5. The number of hydrogen-bond donors (Lipinski definition) is 2. The minimum Gasteiger partial charge on any atom is -0.325 e. The lowest BCUT2D eigenvalue weighted by Gasteiger charge is -2.29. The van der Waals surface area contributed by atoms with E-state index in [0.29, 0.717) is 5.02 Å². The average Bonchev–Trinajstić information content (AvgIpc) is 2.74. The van der Waals surface area contributed by atoms with Crippen LogP contribution in [0.4, 0.5) is 5.69 Å². The van der Waals surface area contributed by atoms with Crippen molar-refractivity contribution in [2.24, 2.45) is 0 Å². The third kappa shape index (κ3) is 2.36. The maximum atomic E-state index is 12.2. The first-order valence-electron chi connectivity index (χ1n) is 6.70. The van der Waals surface area contributed by atoms with Crippen molar-refractivity contribution in [3.8, 4) is 0 Å². The van der Waals surface area contributed by atoms with Crippen LogP contribution in [0, 0.1) is 6.92 Å². The van der Waals surface area contributed by atoms with Crippen LogP contribution in [-0.2, 0) is 4.79 Å². The number of nitrogens with one attached hydrogen (secondary N) is 2. The van der Waals surface area contributed by atoms with E-state index in [-0.39, 0.29) is 11.8 Å². The number of benzene rings is 1. The number of aryl methyl sites for hydroxylation is 1. The van der Waals surface area contributed by atoms with Gasteiger partial charge in [-0.25, -0.2) is 0 Å². The molecule has 5 heteroatoms. The minimum absolute atomic E-state index is 0.0738. The van der Waals surface area contributed by atoms with E-state index < -0.39 is 0 Å². The Labute approximate surface area is 118 Å². The van der Waals surface area contributed by atoms with Gasteiger partial charge in [0.15, 0.2) is 0 Å². The number of rotatable bonds is 2. The molecule has 0 spiro atoms. The second-order valence-corrected chi connectivity index (χ2v) is 5.65. The predicted octanol–water partition coefficient (Wildman–Crippen LogP) is 1.59. The van der Waals surface area contributed by atoms with Gasteiger partial charge in [0.2, 0.25) is 5.91 Å². The summed E-state index contributed by atoms with van der Waals surface area (Å²) in [6, 6.07) is 3.84. The SMILES string of the molecule is Cc1ccc(Cl)c2c1NC(=O)C2CN1CCNCC1. The summed E-state index contributed by atoms with van der Waals surface area (Å²) in [5.41, 5.74) is 2.97. The summed E-state index contributed by atoms with van der Waals surface area (Å²) in [6.07, 6.45) is 0. The Morgan fingerprint density at radius 1 is 1.37 bits per heavy atom. The molecule has 0 radical (unpaired) electrons. The second kappa shape index (κ2) is 5.12. The third-order valence-corrected chi connectivity index (χ3v) is 4.29. The average molecular weight is 280 g/mol. The standard InChI is InChI=1S/C14H18ClN3O/c1-9-2-3-11(15)12-10(14(19)17-13(9)12)8-18-6-4-16-5-7-18/h2-3,10,16H,4-8H2,1H3,(H,17,19). The first kappa shape index (κ1) is 12.9. The van der Waals surface area contributed by atoms with Crippen molar-refractivity contribution in [1.29, 1.82) is 0 Å². The molecule has 2 N–H and O–H groups in total. The Morgan fingerprint density at radius 2 is 2.11 bits per heavy atom. The van der Waals surface area contributed by atoms with Gasteiger partial charge in [-0.05, 0) is 18.6 Å². The fourth-order valence-electron chi connectivity index (χ4n) is 2.88. The van der Waals surface area contributed by atoms with Crippen LogP contribution in [0.3, 0.4) is 0 Å². The number of carbonyl (C=O) groups is 1. The van der Waals surface area contributed by atoms with Gasteiger partial charge in [0.05, 0.1) is 5.92 Å². The van der Waals surface area contributed by atoms with Gasteiger partial charge in [-0.3, -0.25) is 9.69 Å². The lowest BCUT2D eigenvalue weighted by molar-refractivity contribution is -0.117. The van der Waals surface area contributed by atoms with Crippen molar-refractivity contribution in [2.75, 3.05) is 38.0 Å². The molecular formula is C14H18ClN3O. The van der Waals surface area contributed by atoms with Gasteiger partial charge >= 0.3 is 0 Å². The maximum Gasteiger partial charge on any atom is 0.233 e. The molecule has 4 nitrogen and oxygen atoms in total. The van der Waals surface area contributed by atoms with E-state index >= 15 is 0 Å². The van der Waals surface area contributed by atoms with Gasteiger partial charge in [0.25, 0.3) is 0 Å². The Kier molecular flexibility index (Phi) is 3.48. The lowest BCUT2D eigenvalue weighted by atomic mass is 9.98. The molecule has 3 rings (SSSR count). The molecule has 2 heterocycles. The van der Waals surface area contributed by atoms with Crippen molar-refractivity contribution in [1.82, 2.24) is 10.2 Å². The molecule has 0 saturated carbocycles. The maximum absolute atomic E-state index is 12.2. The molecule has 1 saturated heterocycles. The zero-order valence-corrected chi connectivity index (χ0v) is 11.8. The van der Waals surface area contributed by atoms with Crippen molar-refractivity contribution >= 4 is 23.2 Å². The van der Waals surface area contributed by atoms with Crippen LogP contribution in [-0.4, -0.2) is 43.5 Å². The molecule has 1 unspecified atom stereocenters. The molecular weight excluding hydrogens is 262 g/mol. The number of hydrogen-bond acceptors (Lipinski definition) is 3. The molecule has 2 aliphatic rings. The van der Waals surface area contributed by atoms with Gasteiger partial charge in [0.1, 0.15) is 0 Å². The Balaban J connectivity index is 1.87. The topological polar surface area (TPSA) is 44.4 Å². The molecule has 0 aliphatic carbocycles. The number of carbonyl (C=O) groups excluding carboxylic acids is 1. The zero-order chi connectivity index (χ0) is 13.4. The van der Waals surface area contributed by atoms with E-state index in [1.54, 1.807) is 0 Å². The van der Waals surface area contributed by atoms with Crippen molar-refractivity contribution in [2.45, 2.75) is 12.8 Å². The van der Waals surface area contributed by atoms with E-state index in [1.165, 1.54) is 0 Å². The highest BCUT2D eigenvalue weighted by Gasteiger charge is 2.35. The van der Waals surface area contributed by atoms with Crippen LogP contribution in [0.2, 0.25) is 5.02 Å². The first-order chi connectivity index (χ1) is 9.16. The quantitative estimate of drug-likeness (QED) is 0.864. The molecule has 1 amide bonds. The van der Waals surface area contributed by atoms with Crippen molar-refractivity contribution in [3.05, 3.63) is 28.3 Å². The monoisotopic (exact) mass is 279 g/mol. The van der Waals surface area contributed by atoms with E-state index in [9.17, 15) is 4.79 Å². The van der Waals surface area contributed by atoms with Gasteiger partial charge in [-0.2, -0.15) is 0 Å². The normalized spacial score (nSPS) is 23.3. The Hall–Kier alpha value is -1.10. The summed E-state index contributed by atoms with van der Waals surface area (Å²) in [5.74, 6) is -0.0646. The molecule has 1 fully saturated rings. The van der Waals surface area contributed by atoms with Gasteiger partial charge in [-0.1, -0.05) is 17.7 Å². The molecule has 1 aromatic rings. The highest BCUT2D eigenvalue weighted by Crippen LogP contribution is 2.40. The summed E-state index contributed by atoms with van der Waals surface area (Å²) >= 11 is 6.30. The zero-order valence-electron chi connectivity index (χ0n) is 11.0. The Bertz CT molecular complexity index is 512. The van der Waals surface area contributed by atoms with Crippen LogP contribution in [0.1, 0.15) is 17.0 Å². The summed E-state index contributed by atoms with van der Waals surface area (Å²) < 4.78 is 0. The van der Waals surface area contributed by atoms with Gasteiger partial charge < -0.3 is 10.6 Å². The number of fused-ring (bicyclic) bond motifs is 1. The lowest BCUT2D eigenvalue weighted by Crippen LogP contribution is -2.45. The van der Waals surface area contributed by atoms with E-state index in [4.69, 9.17) is 11.6 Å². The number of amides is 1. The van der Waals surface area contributed by atoms with Crippen molar-refractivity contribution in [3.63, 3.8) is 0 Å². The summed E-state index contributed by atoms with van der Waals surface area (Å²) in [6.45, 7) is 6.71. The van der Waals surface area contributed by atoms with E-state index in [1.807, 2.05) is 19.1 Å². The smallest absolute Gasteiger partial charge is 0.233 e.